The first-order valence-corrected chi connectivity index (χ1v) is 10.2. The van der Waals surface area contributed by atoms with Crippen molar-refractivity contribution >= 4 is 16.1 Å². The highest BCUT2D eigenvalue weighted by atomic mass is 32.2. The maximum Gasteiger partial charge on any atom is 0.315 e. The van der Waals surface area contributed by atoms with E-state index < -0.39 is 15.5 Å². The summed E-state index contributed by atoms with van der Waals surface area (Å²) in [6.07, 6.45) is 1.00. The number of hydrogen-bond donors (Lipinski definition) is 0. The highest BCUT2D eigenvalue weighted by molar-refractivity contribution is 7.85. The van der Waals surface area contributed by atoms with Crippen molar-refractivity contribution in [1.82, 2.24) is 0 Å². The van der Waals surface area contributed by atoms with E-state index in [4.69, 9.17) is 13.7 Å². The van der Waals surface area contributed by atoms with Crippen LogP contribution in [0.5, 0.6) is 5.75 Å². The molecule has 0 heterocycles. The Morgan fingerprint density at radius 2 is 1.52 bits per heavy atom. The summed E-state index contributed by atoms with van der Waals surface area (Å²) in [5.74, 6) is 0.228. The predicted octanol–water partition coefficient (Wildman–Crippen LogP) is 3.31. The van der Waals surface area contributed by atoms with Gasteiger partial charge in [0.25, 0.3) is 10.1 Å². The average molecular weight is 392 g/mol. The van der Waals surface area contributed by atoms with Crippen molar-refractivity contribution in [3.8, 4) is 5.75 Å². The molecular weight excluding hydrogens is 368 g/mol. The van der Waals surface area contributed by atoms with Crippen molar-refractivity contribution in [3.63, 3.8) is 0 Å². The lowest BCUT2D eigenvalue weighted by molar-refractivity contribution is -0.157. The molecule has 0 N–H and O–H groups in total. The minimum Gasteiger partial charge on any atom is -0.492 e. The zero-order chi connectivity index (χ0) is 19.9. The summed E-state index contributed by atoms with van der Waals surface area (Å²) in [4.78, 5) is 12.3. The molecule has 0 aliphatic carbocycles. The first kappa shape index (κ1) is 20.9. The second-order valence-corrected chi connectivity index (χ2v) is 8.49. The molecule has 0 bridgehead atoms. The number of esters is 1. The Morgan fingerprint density at radius 1 is 0.926 bits per heavy atom. The van der Waals surface area contributed by atoms with E-state index >= 15 is 0 Å². The highest BCUT2D eigenvalue weighted by Crippen LogP contribution is 2.22. The lowest BCUT2D eigenvalue weighted by atomic mass is 9.95. The molecule has 0 atom stereocenters. The third kappa shape index (κ3) is 7.40. The van der Waals surface area contributed by atoms with Crippen molar-refractivity contribution < 1.29 is 26.9 Å². The fraction of sp³-hybridized carbons (Fsp3) is 0.350. The molecule has 27 heavy (non-hydrogen) atoms. The summed E-state index contributed by atoms with van der Waals surface area (Å²) in [5.41, 5.74) is 0.816. The molecule has 0 unspecified atom stereocenters. The van der Waals surface area contributed by atoms with E-state index in [1.807, 2.05) is 30.3 Å². The minimum atomic E-state index is -3.48. The van der Waals surface area contributed by atoms with Crippen LogP contribution >= 0.6 is 0 Å². The molecule has 0 radical (unpaired) electrons. The van der Waals surface area contributed by atoms with E-state index in [0.717, 1.165) is 11.8 Å². The van der Waals surface area contributed by atoms with Crippen LogP contribution in [0.3, 0.4) is 0 Å². The van der Waals surface area contributed by atoms with Crippen LogP contribution in [0.2, 0.25) is 0 Å². The molecule has 0 spiro atoms. The topological polar surface area (TPSA) is 78.9 Å². The second-order valence-electron chi connectivity index (χ2n) is 6.84. The zero-order valence-electron chi connectivity index (χ0n) is 15.7. The molecule has 2 aromatic carbocycles. The van der Waals surface area contributed by atoms with Gasteiger partial charge < -0.3 is 9.47 Å². The molecule has 0 fully saturated rings. The largest absolute Gasteiger partial charge is 0.492 e. The van der Waals surface area contributed by atoms with Crippen LogP contribution in [0, 0.1) is 5.41 Å². The van der Waals surface area contributed by atoms with Crippen molar-refractivity contribution in [2.75, 3.05) is 12.9 Å². The average Bonchev–Trinajstić information content (AvgIpc) is 2.64. The maximum atomic E-state index is 12.3. The Morgan fingerprint density at radius 3 is 2.11 bits per heavy atom. The smallest absolute Gasteiger partial charge is 0.315 e. The quantitative estimate of drug-likeness (QED) is 0.481. The van der Waals surface area contributed by atoms with Crippen LogP contribution in [0.4, 0.5) is 0 Å². The Balaban J connectivity index is 1.83. The number of hydrogen-bond acceptors (Lipinski definition) is 6. The number of ether oxygens (including phenoxy) is 2. The van der Waals surface area contributed by atoms with Gasteiger partial charge in [-0.2, -0.15) is 8.42 Å². The summed E-state index contributed by atoms with van der Waals surface area (Å²) in [6, 6.07) is 16.3. The summed E-state index contributed by atoms with van der Waals surface area (Å²) < 4.78 is 37.8. The Labute approximate surface area is 160 Å². The molecule has 0 amide bonds. The summed E-state index contributed by atoms with van der Waals surface area (Å²) in [7, 11) is -3.48. The number of carbonyl (C=O) groups excluding carboxylic acids is 1. The van der Waals surface area contributed by atoms with E-state index in [1.165, 1.54) is 0 Å². The van der Waals surface area contributed by atoms with Gasteiger partial charge in [-0.05, 0) is 37.1 Å². The van der Waals surface area contributed by atoms with E-state index in [0.29, 0.717) is 11.3 Å². The lowest BCUT2D eigenvalue weighted by Crippen LogP contribution is -2.32. The third-order valence-electron chi connectivity index (χ3n) is 3.73. The summed E-state index contributed by atoms with van der Waals surface area (Å²) in [6.45, 7) is 3.86. The number of benzene rings is 2. The standard InChI is InChI=1S/C20H24O6S/c1-20(2,19(21)24-13-16-7-5-4-6-8-16)15-25-18-11-9-17(10-12-18)14-26-27(3,22)23/h4-12H,13-15H2,1-3H3. The molecule has 146 valence electrons. The van der Waals surface area contributed by atoms with Gasteiger partial charge in [0, 0.05) is 0 Å². The van der Waals surface area contributed by atoms with Gasteiger partial charge in [0.05, 0.1) is 18.3 Å². The van der Waals surface area contributed by atoms with Gasteiger partial charge in [-0.25, -0.2) is 0 Å². The molecule has 0 saturated carbocycles. The monoisotopic (exact) mass is 392 g/mol. The summed E-state index contributed by atoms with van der Waals surface area (Å²) >= 11 is 0. The van der Waals surface area contributed by atoms with E-state index in [9.17, 15) is 13.2 Å². The fourth-order valence-electron chi connectivity index (χ4n) is 2.10. The van der Waals surface area contributed by atoms with E-state index in [-0.39, 0.29) is 25.8 Å². The molecule has 0 aromatic heterocycles. The van der Waals surface area contributed by atoms with Gasteiger partial charge in [-0.3, -0.25) is 8.98 Å². The Kier molecular flexibility index (Phi) is 6.98. The fourth-order valence-corrected chi connectivity index (χ4v) is 2.45. The van der Waals surface area contributed by atoms with Gasteiger partial charge in [-0.15, -0.1) is 0 Å². The second kappa shape index (κ2) is 9.01. The Bertz CT molecular complexity index is 842. The van der Waals surface area contributed by atoms with E-state index in [2.05, 4.69) is 0 Å². The van der Waals surface area contributed by atoms with Crippen LogP contribution < -0.4 is 4.74 Å². The molecule has 0 aliphatic rings. The molecule has 2 aromatic rings. The van der Waals surface area contributed by atoms with Gasteiger partial charge in [-0.1, -0.05) is 42.5 Å². The van der Waals surface area contributed by atoms with Crippen molar-refractivity contribution in [2.45, 2.75) is 27.1 Å². The highest BCUT2D eigenvalue weighted by Gasteiger charge is 2.30. The van der Waals surface area contributed by atoms with Crippen molar-refractivity contribution in [1.29, 1.82) is 0 Å². The molecular formula is C20H24O6S. The predicted molar refractivity (Wildman–Crippen MR) is 102 cm³/mol. The van der Waals surface area contributed by atoms with Gasteiger partial charge in [0.2, 0.25) is 0 Å². The van der Waals surface area contributed by atoms with Crippen LogP contribution in [0.1, 0.15) is 25.0 Å². The first-order chi connectivity index (χ1) is 12.7. The number of carbonyl (C=O) groups is 1. The van der Waals surface area contributed by atoms with Gasteiger partial charge in [0.1, 0.15) is 19.0 Å². The lowest BCUT2D eigenvalue weighted by Gasteiger charge is -2.23. The van der Waals surface area contributed by atoms with Gasteiger partial charge in [0.15, 0.2) is 0 Å². The maximum absolute atomic E-state index is 12.3. The van der Waals surface area contributed by atoms with Crippen molar-refractivity contribution in [3.05, 3.63) is 65.7 Å². The van der Waals surface area contributed by atoms with Crippen molar-refractivity contribution in [2.24, 2.45) is 5.41 Å². The molecule has 7 heteroatoms. The van der Waals surface area contributed by atoms with Crippen LogP contribution in [-0.2, 0) is 37.0 Å². The summed E-state index contributed by atoms with van der Waals surface area (Å²) in [5, 5.41) is 0. The van der Waals surface area contributed by atoms with Gasteiger partial charge >= 0.3 is 5.97 Å². The molecule has 0 saturated heterocycles. The van der Waals surface area contributed by atoms with E-state index in [1.54, 1.807) is 38.1 Å². The minimum absolute atomic E-state index is 0.0313. The Hall–Kier alpha value is -2.38. The normalized spacial score (nSPS) is 11.8. The SMILES string of the molecule is CC(C)(COc1ccc(COS(C)(=O)=O)cc1)C(=O)OCc1ccccc1. The number of rotatable bonds is 9. The first-order valence-electron chi connectivity index (χ1n) is 8.43. The molecule has 2 rings (SSSR count). The van der Waals surface area contributed by atoms with Crippen LogP contribution in [0.25, 0.3) is 0 Å². The third-order valence-corrected chi connectivity index (χ3v) is 4.27. The van der Waals surface area contributed by atoms with Crippen LogP contribution in [0.15, 0.2) is 54.6 Å². The zero-order valence-corrected chi connectivity index (χ0v) is 16.5. The molecule has 0 aliphatic heterocycles. The van der Waals surface area contributed by atoms with Crippen LogP contribution in [-0.4, -0.2) is 27.2 Å². The molecule has 6 nitrogen and oxygen atoms in total.